The maximum atomic E-state index is 12.5. The first kappa shape index (κ1) is 15.9. The van der Waals surface area contributed by atoms with Gasteiger partial charge in [-0.25, -0.2) is 8.42 Å². The number of sulfonamides is 1. The summed E-state index contributed by atoms with van der Waals surface area (Å²) in [4.78, 5) is 3.62. The van der Waals surface area contributed by atoms with Gasteiger partial charge in [-0.3, -0.25) is 4.90 Å². The van der Waals surface area contributed by atoms with Crippen LogP contribution in [0.2, 0.25) is 0 Å². The molecule has 1 unspecified atom stereocenters. The first-order valence-electron chi connectivity index (χ1n) is 6.97. The van der Waals surface area contributed by atoms with E-state index in [4.69, 9.17) is 5.73 Å². The summed E-state index contributed by atoms with van der Waals surface area (Å²) in [6.07, 6.45) is 2.23. The summed E-state index contributed by atoms with van der Waals surface area (Å²) in [5.41, 5.74) is 5.55. The van der Waals surface area contributed by atoms with Crippen molar-refractivity contribution in [1.29, 1.82) is 0 Å². The van der Waals surface area contributed by atoms with Crippen LogP contribution in [0, 0.1) is 0 Å². The average molecular weight is 317 g/mol. The number of likely N-dealkylation sites (N-methyl/N-ethyl adjacent to an activating group) is 2. The van der Waals surface area contributed by atoms with Crippen LogP contribution in [0.5, 0.6) is 0 Å². The Bertz CT molecular complexity index is 542. The SMILES string of the molecule is CCN1CCCC1CN(C)S(=O)(=O)c1csc(CN)c1. The summed E-state index contributed by atoms with van der Waals surface area (Å²) in [6, 6.07) is 2.02. The zero-order valence-corrected chi connectivity index (χ0v) is 13.7. The van der Waals surface area contributed by atoms with Crippen LogP contribution in [-0.2, 0) is 16.6 Å². The topological polar surface area (TPSA) is 66.6 Å². The Morgan fingerprint density at radius 3 is 2.90 bits per heavy atom. The minimum atomic E-state index is -3.39. The van der Waals surface area contributed by atoms with Gasteiger partial charge in [0.2, 0.25) is 10.0 Å². The third-order valence-electron chi connectivity index (χ3n) is 3.91. The molecular formula is C13H23N3O2S2. The lowest BCUT2D eigenvalue weighted by atomic mass is 10.2. The van der Waals surface area contributed by atoms with Gasteiger partial charge in [0, 0.05) is 36.4 Å². The van der Waals surface area contributed by atoms with Crippen LogP contribution in [0.15, 0.2) is 16.3 Å². The van der Waals surface area contributed by atoms with Crippen molar-refractivity contribution in [2.75, 3.05) is 26.7 Å². The highest BCUT2D eigenvalue weighted by Crippen LogP contribution is 2.24. The van der Waals surface area contributed by atoms with Gasteiger partial charge in [0.1, 0.15) is 0 Å². The Labute approximate surface area is 125 Å². The van der Waals surface area contributed by atoms with Crippen molar-refractivity contribution >= 4 is 21.4 Å². The third kappa shape index (κ3) is 3.23. The van der Waals surface area contributed by atoms with E-state index in [0.29, 0.717) is 24.0 Å². The molecule has 1 aromatic rings. The van der Waals surface area contributed by atoms with Gasteiger partial charge in [-0.15, -0.1) is 11.3 Å². The molecule has 0 spiro atoms. The highest BCUT2D eigenvalue weighted by Gasteiger charge is 2.29. The second-order valence-corrected chi connectivity index (χ2v) is 8.20. The van der Waals surface area contributed by atoms with E-state index in [-0.39, 0.29) is 0 Å². The highest BCUT2D eigenvalue weighted by atomic mass is 32.2. The number of rotatable bonds is 6. The lowest BCUT2D eigenvalue weighted by Crippen LogP contribution is -2.41. The summed E-state index contributed by atoms with van der Waals surface area (Å²) < 4.78 is 26.5. The molecule has 1 atom stereocenters. The van der Waals surface area contributed by atoms with Crippen LogP contribution in [0.4, 0.5) is 0 Å². The van der Waals surface area contributed by atoms with Crippen molar-refractivity contribution in [2.24, 2.45) is 5.73 Å². The maximum absolute atomic E-state index is 12.5. The minimum absolute atomic E-state index is 0.340. The normalized spacial score (nSPS) is 20.9. The fourth-order valence-corrected chi connectivity index (χ4v) is 5.05. The second-order valence-electron chi connectivity index (χ2n) is 5.16. The van der Waals surface area contributed by atoms with Gasteiger partial charge in [-0.1, -0.05) is 6.92 Å². The van der Waals surface area contributed by atoms with E-state index in [1.807, 2.05) is 0 Å². The quantitative estimate of drug-likeness (QED) is 0.859. The van der Waals surface area contributed by atoms with Crippen LogP contribution in [0.25, 0.3) is 0 Å². The molecule has 0 bridgehead atoms. The van der Waals surface area contributed by atoms with E-state index in [2.05, 4.69) is 11.8 Å². The zero-order valence-electron chi connectivity index (χ0n) is 12.1. The number of hydrogen-bond acceptors (Lipinski definition) is 5. The molecule has 1 fully saturated rings. The Kier molecular flexibility index (Phi) is 5.19. The molecule has 20 heavy (non-hydrogen) atoms. The molecule has 2 N–H and O–H groups in total. The molecule has 0 radical (unpaired) electrons. The van der Waals surface area contributed by atoms with Crippen molar-refractivity contribution in [2.45, 2.75) is 37.2 Å². The van der Waals surface area contributed by atoms with Gasteiger partial charge < -0.3 is 5.73 Å². The van der Waals surface area contributed by atoms with Crippen LogP contribution in [-0.4, -0.2) is 50.3 Å². The summed E-state index contributed by atoms with van der Waals surface area (Å²) >= 11 is 1.40. The van der Waals surface area contributed by atoms with Gasteiger partial charge in [0.25, 0.3) is 0 Å². The molecule has 1 aliphatic rings. The fraction of sp³-hybridized carbons (Fsp3) is 0.692. The molecule has 0 amide bonds. The van der Waals surface area contributed by atoms with Crippen LogP contribution in [0.1, 0.15) is 24.6 Å². The molecule has 2 rings (SSSR count). The third-order valence-corrected chi connectivity index (χ3v) is 6.82. The number of likely N-dealkylation sites (tertiary alicyclic amines) is 1. The van der Waals surface area contributed by atoms with E-state index < -0.39 is 10.0 Å². The molecule has 1 saturated heterocycles. The van der Waals surface area contributed by atoms with Crippen molar-refractivity contribution in [3.8, 4) is 0 Å². The number of hydrogen-bond donors (Lipinski definition) is 1. The van der Waals surface area contributed by atoms with Crippen molar-refractivity contribution in [1.82, 2.24) is 9.21 Å². The van der Waals surface area contributed by atoms with E-state index in [1.165, 1.54) is 15.6 Å². The zero-order chi connectivity index (χ0) is 14.8. The largest absolute Gasteiger partial charge is 0.326 e. The average Bonchev–Trinajstić information content (AvgIpc) is 3.07. The van der Waals surface area contributed by atoms with Crippen LogP contribution in [0.3, 0.4) is 0 Å². The fourth-order valence-electron chi connectivity index (χ4n) is 2.70. The van der Waals surface area contributed by atoms with E-state index in [0.717, 1.165) is 30.8 Å². The maximum Gasteiger partial charge on any atom is 0.243 e. The molecule has 0 aliphatic carbocycles. The molecule has 0 aromatic carbocycles. The predicted octanol–water partition coefficient (Wildman–Crippen LogP) is 1.31. The number of thiophene rings is 1. The summed E-state index contributed by atoms with van der Waals surface area (Å²) in [5.74, 6) is 0. The monoisotopic (exact) mass is 317 g/mol. The molecular weight excluding hydrogens is 294 g/mol. The smallest absolute Gasteiger partial charge is 0.243 e. The first-order chi connectivity index (χ1) is 9.48. The summed E-state index contributed by atoms with van der Waals surface area (Å²) in [7, 11) is -1.72. The highest BCUT2D eigenvalue weighted by molar-refractivity contribution is 7.89. The molecule has 1 aliphatic heterocycles. The van der Waals surface area contributed by atoms with E-state index >= 15 is 0 Å². The molecule has 5 nitrogen and oxygen atoms in total. The number of nitrogens with two attached hydrogens (primary N) is 1. The summed E-state index contributed by atoms with van der Waals surface area (Å²) in [6.45, 7) is 5.12. The van der Waals surface area contributed by atoms with Gasteiger partial charge in [-0.05, 0) is 32.0 Å². The Morgan fingerprint density at radius 1 is 1.55 bits per heavy atom. The van der Waals surface area contributed by atoms with Gasteiger partial charge >= 0.3 is 0 Å². The van der Waals surface area contributed by atoms with Gasteiger partial charge in [0.05, 0.1) is 4.90 Å². The molecule has 114 valence electrons. The molecule has 2 heterocycles. The molecule has 7 heteroatoms. The standard InChI is InChI=1S/C13H23N3O2S2/c1-3-16-6-4-5-11(16)9-15(2)20(17,18)13-7-12(8-14)19-10-13/h7,10-11H,3-6,8-9,14H2,1-2H3. The van der Waals surface area contributed by atoms with Crippen molar-refractivity contribution < 1.29 is 8.42 Å². The molecule has 0 saturated carbocycles. The Balaban J connectivity index is 2.09. The number of nitrogens with zero attached hydrogens (tertiary/aromatic N) is 2. The van der Waals surface area contributed by atoms with Crippen LogP contribution < -0.4 is 5.73 Å². The Hall–Kier alpha value is -0.470. The second kappa shape index (κ2) is 6.53. The van der Waals surface area contributed by atoms with Crippen LogP contribution >= 0.6 is 11.3 Å². The predicted molar refractivity (Wildman–Crippen MR) is 82.3 cm³/mol. The minimum Gasteiger partial charge on any atom is -0.326 e. The van der Waals surface area contributed by atoms with Gasteiger partial charge in [-0.2, -0.15) is 4.31 Å². The summed E-state index contributed by atoms with van der Waals surface area (Å²) in [5, 5.41) is 1.68. The van der Waals surface area contributed by atoms with Crippen molar-refractivity contribution in [3.63, 3.8) is 0 Å². The lowest BCUT2D eigenvalue weighted by Gasteiger charge is -2.27. The van der Waals surface area contributed by atoms with Gasteiger partial charge in [0.15, 0.2) is 0 Å². The first-order valence-corrected chi connectivity index (χ1v) is 9.29. The molecule has 1 aromatic heterocycles. The van der Waals surface area contributed by atoms with Crippen molar-refractivity contribution in [3.05, 3.63) is 16.3 Å². The lowest BCUT2D eigenvalue weighted by molar-refractivity contribution is 0.238. The van der Waals surface area contributed by atoms with E-state index in [1.54, 1.807) is 18.5 Å². The Morgan fingerprint density at radius 2 is 2.30 bits per heavy atom. The van der Waals surface area contributed by atoms with E-state index in [9.17, 15) is 8.42 Å².